The van der Waals surface area contributed by atoms with Gasteiger partial charge in [-0.3, -0.25) is 9.69 Å². The van der Waals surface area contributed by atoms with E-state index >= 15 is 0 Å². The molecule has 0 atom stereocenters. The number of piperidine rings is 1. The van der Waals surface area contributed by atoms with Gasteiger partial charge in [-0.25, -0.2) is 0 Å². The summed E-state index contributed by atoms with van der Waals surface area (Å²) < 4.78 is 0. The summed E-state index contributed by atoms with van der Waals surface area (Å²) in [5.41, 5.74) is 0.280. The molecule has 20 heavy (non-hydrogen) atoms. The first-order valence-corrected chi connectivity index (χ1v) is 7.96. The number of hydrogen-bond acceptors (Lipinski definition) is 4. The predicted molar refractivity (Wildman–Crippen MR) is 81.8 cm³/mol. The van der Waals surface area contributed by atoms with Crippen molar-refractivity contribution in [2.24, 2.45) is 5.41 Å². The fourth-order valence-corrected chi connectivity index (χ4v) is 2.97. The number of rotatable bonds is 4. The first kappa shape index (κ1) is 15.7. The molecule has 2 saturated heterocycles. The number of likely N-dealkylation sites (tertiary alicyclic amines) is 1. The third kappa shape index (κ3) is 5.04. The highest BCUT2D eigenvalue weighted by Gasteiger charge is 2.29. The molecule has 2 aliphatic rings. The van der Waals surface area contributed by atoms with E-state index in [4.69, 9.17) is 0 Å². The van der Waals surface area contributed by atoms with Crippen molar-refractivity contribution in [2.45, 2.75) is 26.2 Å². The molecule has 2 fully saturated rings. The second-order valence-corrected chi connectivity index (χ2v) is 6.77. The van der Waals surface area contributed by atoms with Gasteiger partial charge in [0.15, 0.2) is 0 Å². The Labute approximate surface area is 123 Å². The van der Waals surface area contributed by atoms with E-state index in [1.54, 1.807) is 0 Å². The molecule has 0 radical (unpaired) electrons. The van der Waals surface area contributed by atoms with Crippen molar-refractivity contribution < 1.29 is 4.79 Å². The highest BCUT2D eigenvalue weighted by molar-refractivity contribution is 5.78. The van der Waals surface area contributed by atoms with Crippen molar-refractivity contribution in [1.29, 1.82) is 0 Å². The van der Waals surface area contributed by atoms with Crippen LogP contribution >= 0.6 is 0 Å². The van der Waals surface area contributed by atoms with Crippen LogP contribution in [0.4, 0.5) is 0 Å². The van der Waals surface area contributed by atoms with Gasteiger partial charge in [0.05, 0.1) is 6.54 Å². The van der Waals surface area contributed by atoms with Crippen LogP contribution < -0.4 is 10.6 Å². The number of hydrogen-bond donors (Lipinski definition) is 2. The van der Waals surface area contributed by atoms with Gasteiger partial charge in [0.1, 0.15) is 0 Å². The Balaban J connectivity index is 1.69. The van der Waals surface area contributed by atoms with Gasteiger partial charge in [-0.05, 0) is 57.9 Å². The molecule has 0 bridgehead atoms. The first-order chi connectivity index (χ1) is 9.57. The smallest absolute Gasteiger partial charge is 0.234 e. The highest BCUT2D eigenvalue weighted by Crippen LogP contribution is 2.29. The number of amides is 1. The van der Waals surface area contributed by atoms with E-state index in [1.165, 1.54) is 12.8 Å². The van der Waals surface area contributed by atoms with E-state index < -0.39 is 0 Å². The number of nitrogens with one attached hydrogen (secondary N) is 2. The summed E-state index contributed by atoms with van der Waals surface area (Å²) in [6, 6.07) is 0. The molecule has 2 rings (SSSR count). The van der Waals surface area contributed by atoms with E-state index in [0.717, 1.165) is 52.2 Å². The van der Waals surface area contributed by atoms with E-state index in [0.29, 0.717) is 6.54 Å². The second-order valence-electron chi connectivity index (χ2n) is 6.77. The zero-order valence-corrected chi connectivity index (χ0v) is 13.1. The van der Waals surface area contributed by atoms with Crippen LogP contribution in [0.25, 0.3) is 0 Å². The van der Waals surface area contributed by atoms with Crippen LogP contribution in [-0.4, -0.2) is 75.1 Å². The van der Waals surface area contributed by atoms with Crippen LogP contribution in [0.3, 0.4) is 0 Å². The lowest BCUT2D eigenvalue weighted by Crippen LogP contribution is -2.46. The fourth-order valence-electron chi connectivity index (χ4n) is 2.97. The largest absolute Gasteiger partial charge is 0.354 e. The van der Waals surface area contributed by atoms with Gasteiger partial charge >= 0.3 is 0 Å². The Morgan fingerprint density at radius 2 is 1.95 bits per heavy atom. The Hall–Kier alpha value is -0.650. The average molecular weight is 282 g/mol. The molecule has 5 heteroatoms. The molecule has 2 N–H and O–H groups in total. The van der Waals surface area contributed by atoms with Crippen LogP contribution in [0, 0.1) is 5.41 Å². The quantitative estimate of drug-likeness (QED) is 0.769. The summed E-state index contributed by atoms with van der Waals surface area (Å²) in [4.78, 5) is 16.7. The van der Waals surface area contributed by atoms with Crippen molar-refractivity contribution in [2.75, 3.05) is 59.4 Å². The van der Waals surface area contributed by atoms with Crippen LogP contribution in [0.1, 0.15) is 26.2 Å². The maximum atomic E-state index is 12.1. The maximum absolute atomic E-state index is 12.1. The van der Waals surface area contributed by atoms with E-state index in [9.17, 15) is 4.79 Å². The van der Waals surface area contributed by atoms with Crippen molar-refractivity contribution in [3.63, 3.8) is 0 Å². The summed E-state index contributed by atoms with van der Waals surface area (Å²) in [5, 5.41) is 6.52. The molecule has 2 heterocycles. The molecule has 0 aliphatic carbocycles. The topological polar surface area (TPSA) is 47.6 Å². The predicted octanol–water partition coefficient (Wildman–Crippen LogP) is 0.130. The van der Waals surface area contributed by atoms with Gasteiger partial charge in [0.2, 0.25) is 5.91 Å². The summed E-state index contributed by atoms with van der Waals surface area (Å²) >= 11 is 0. The minimum atomic E-state index is 0.187. The minimum absolute atomic E-state index is 0.187. The third-order valence-corrected chi connectivity index (χ3v) is 4.71. The first-order valence-electron chi connectivity index (χ1n) is 7.96. The maximum Gasteiger partial charge on any atom is 0.234 e. The van der Waals surface area contributed by atoms with Gasteiger partial charge < -0.3 is 15.5 Å². The number of nitrogens with zero attached hydrogens (tertiary/aromatic N) is 2. The molecule has 1 amide bonds. The molecular weight excluding hydrogens is 252 g/mol. The Kier molecular flexibility index (Phi) is 5.81. The monoisotopic (exact) mass is 282 g/mol. The lowest BCUT2D eigenvalue weighted by atomic mass is 9.80. The van der Waals surface area contributed by atoms with E-state index in [1.807, 2.05) is 0 Å². The zero-order chi connectivity index (χ0) is 14.4. The second kappa shape index (κ2) is 7.38. The molecule has 5 nitrogen and oxygen atoms in total. The van der Waals surface area contributed by atoms with Crippen LogP contribution in [0.15, 0.2) is 0 Å². The van der Waals surface area contributed by atoms with E-state index in [2.05, 4.69) is 34.4 Å². The molecule has 2 aliphatic heterocycles. The minimum Gasteiger partial charge on any atom is -0.354 e. The van der Waals surface area contributed by atoms with Gasteiger partial charge in [-0.15, -0.1) is 0 Å². The average Bonchev–Trinajstić information content (AvgIpc) is 2.69. The zero-order valence-electron chi connectivity index (χ0n) is 13.1. The lowest BCUT2D eigenvalue weighted by molar-refractivity contribution is -0.122. The van der Waals surface area contributed by atoms with Gasteiger partial charge in [0, 0.05) is 19.6 Å². The molecule has 0 saturated carbocycles. The molecule has 0 spiro atoms. The Bertz CT molecular complexity index is 305. The standard InChI is InChI=1S/C15H30N4O/c1-15(4-9-18(2)10-5-15)13-17-14(20)12-19-8-3-6-16-7-11-19/h16H,3-13H2,1-2H3,(H,17,20). The summed E-state index contributed by atoms with van der Waals surface area (Å²) in [6.45, 7) is 10.0. The van der Waals surface area contributed by atoms with Gasteiger partial charge in [0.25, 0.3) is 0 Å². The normalized spacial score (nSPS) is 25.1. The number of carbonyl (C=O) groups excluding carboxylic acids is 1. The summed E-state index contributed by atoms with van der Waals surface area (Å²) in [7, 11) is 2.17. The molecule has 0 aromatic rings. The van der Waals surface area contributed by atoms with Crippen LogP contribution in [-0.2, 0) is 4.79 Å². The SMILES string of the molecule is CN1CCC(C)(CNC(=O)CN2CCCNCC2)CC1. The molecule has 116 valence electrons. The Morgan fingerprint density at radius 1 is 1.20 bits per heavy atom. The molecule has 0 aromatic carbocycles. The third-order valence-electron chi connectivity index (χ3n) is 4.71. The number of carbonyl (C=O) groups is 1. The summed E-state index contributed by atoms with van der Waals surface area (Å²) in [6.07, 6.45) is 3.49. The van der Waals surface area contributed by atoms with Crippen molar-refractivity contribution >= 4 is 5.91 Å². The van der Waals surface area contributed by atoms with Crippen LogP contribution in [0.2, 0.25) is 0 Å². The van der Waals surface area contributed by atoms with E-state index in [-0.39, 0.29) is 11.3 Å². The summed E-state index contributed by atoms with van der Waals surface area (Å²) in [5.74, 6) is 0.187. The lowest BCUT2D eigenvalue weighted by Gasteiger charge is -2.38. The van der Waals surface area contributed by atoms with Crippen molar-refractivity contribution in [3.05, 3.63) is 0 Å². The molecule has 0 aromatic heterocycles. The fraction of sp³-hybridized carbons (Fsp3) is 0.933. The van der Waals surface area contributed by atoms with Crippen molar-refractivity contribution in [3.8, 4) is 0 Å². The molecular formula is C15H30N4O. The van der Waals surface area contributed by atoms with Gasteiger partial charge in [-0.2, -0.15) is 0 Å². The van der Waals surface area contributed by atoms with Crippen molar-refractivity contribution in [1.82, 2.24) is 20.4 Å². The van der Waals surface area contributed by atoms with Crippen LogP contribution in [0.5, 0.6) is 0 Å². The van der Waals surface area contributed by atoms with Gasteiger partial charge in [-0.1, -0.05) is 6.92 Å². The Morgan fingerprint density at radius 3 is 2.70 bits per heavy atom. The molecule has 0 unspecified atom stereocenters. The highest BCUT2D eigenvalue weighted by atomic mass is 16.2.